The SMILES string of the molecule is CC/C=C(\C=C/CF)C/C(=C/N=C/C(O)=C(\C)C(=O)OCC)C1=C(C)N(C(C)=O)CC(C(=O)NC)O1. The highest BCUT2D eigenvalue weighted by atomic mass is 19.1. The van der Waals surface area contributed by atoms with Gasteiger partial charge in [0, 0.05) is 32.2 Å². The van der Waals surface area contributed by atoms with Gasteiger partial charge in [0.1, 0.15) is 18.2 Å². The summed E-state index contributed by atoms with van der Waals surface area (Å²) < 4.78 is 23.7. The zero-order valence-corrected chi connectivity index (χ0v) is 21.8. The Morgan fingerprint density at radius 3 is 2.56 bits per heavy atom. The molecule has 1 rings (SSSR count). The molecule has 1 aliphatic rings. The van der Waals surface area contributed by atoms with Gasteiger partial charge in [0.05, 0.1) is 30.6 Å². The van der Waals surface area contributed by atoms with Gasteiger partial charge < -0.3 is 24.8 Å². The van der Waals surface area contributed by atoms with Crippen molar-refractivity contribution in [2.75, 3.05) is 26.9 Å². The van der Waals surface area contributed by atoms with Crippen LogP contribution in [-0.4, -0.2) is 67.0 Å². The van der Waals surface area contributed by atoms with Crippen LogP contribution in [0, 0.1) is 0 Å². The second kappa shape index (κ2) is 15.3. The van der Waals surface area contributed by atoms with Gasteiger partial charge in [-0.2, -0.15) is 0 Å². The first-order chi connectivity index (χ1) is 17.1. The van der Waals surface area contributed by atoms with Crippen LogP contribution < -0.4 is 5.32 Å². The van der Waals surface area contributed by atoms with Crippen molar-refractivity contribution in [2.45, 2.75) is 53.6 Å². The Labute approximate surface area is 211 Å². The summed E-state index contributed by atoms with van der Waals surface area (Å²) in [6, 6.07) is 0. The van der Waals surface area contributed by atoms with E-state index in [1.54, 1.807) is 19.9 Å². The second-order valence-corrected chi connectivity index (χ2v) is 7.85. The molecule has 0 aromatic rings. The average molecular weight is 506 g/mol. The molecule has 0 spiro atoms. The van der Waals surface area contributed by atoms with Crippen LogP contribution in [0.15, 0.2) is 63.4 Å². The number of alkyl halides is 1. The first kappa shape index (κ1) is 30.3. The number of ether oxygens (including phenoxy) is 2. The van der Waals surface area contributed by atoms with Crippen molar-refractivity contribution in [1.29, 1.82) is 0 Å². The molecule has 1 atom stereocenters. The number of amides is 2. The Morgan fingerprint density at radius 2 is 2.00 bits per heavy atom. The molecule has 2 N–H and O–H groups in total. The maximum atomic E-state index is 12.8. The number of halogens is 1. The molecule has 1 heterocycles. The molecular formula is C26H36FN3O6. The second-order valence-electron chi connectivity index (χ2n) is 7.85. The van der Waals surface area contributed by atoms with Crippen molar-refractivity contribution in [3.05, 3.63) is 58.4 Å². The summed E-state index contributed by atoms with van der Waals surface area (Å²) in [5.74, 6) is -1.45. The number of hydrogen-bond donors (Lipinski definition) is 2. The summed E-state index contributed by atoms with van der Waals surface area (Å²) in [4.78, 5) is 42.1. The molecule has 0 bridgehead atoms. The van der Waals surface area contributed by atoms with E-state index >= 15 is 0 Å². The molecule has 10 heteroatoms. The molecule has 0 fully saturated rings. The molecule has 0 saturated heterocycles. The fourth-order valence-electron chi connectivity index (χ4n) is 3.36. The number of rotatable bonds is 11. The molecule has 198 valence electrons. The van der Waals surface area contributed by atoms with Crippen LogP contribution in [-0.2, 0) is 23.9 Å². The quantitative estimate of drug-likeness (QED) is 0.145. The van der Waals surface area contributed by atoms with Crippen LogP contribution in [0.4, 0.5) is 4.39 Å². The summed E-state index contributed by atoms with van der Waals surface area (Å²) >= 11 is 0. The lowest BCUT2D eigenvalue weighted by Gasteiger charge is -2.35. The number of nitrogens with zero attached hydrogens (tertiary/aromatic N) is 2. The van der Waals surface area contributed by atoms with E-state index in [0.29, 0.717) is 17.7 Å². The predicted molar refractivity (Wildman–Crippen MR) is 136 cm³/mol. The lowest BCUT2D eigenvalue weighted by molar-refractivity contribution is -0.139. The smallest absolute Gasteiger partial charge is 0.337 e. The van der Waals surface area contributed by atoms with E-state index < -0.39 is 24.7 Å². The molecule has 0 aliphatic carbocycles. The molecule has 2 amide bonds. The van der Waals surface area contributed by atoms with Crippen molar-refractivity contribution in [2.24, 2.45) is 4.99 Å². The highest BCUT2D eigenvalue weighted by Gasteiger charge is 2.33. The number of aliphatic hydroxyl groups is 1. The summed E-state index contributed by atoms with van der Waals surface area (Å²) in [6.07, 6.45) is 7.38. The third-order valence-electron chi connectivity index (χ3n) is 5.23. The molecule has 1 unspecified atom stereocenters. The Bertz CT molecular complexity index is 1010. The first-order valence-corrected chi connectivity index (χ1v) is 11.7. The zero-order chi connectivity index (χ0) is 27.3. The van der Waals surface area contributed by atoms with Gasteiger partial charge in [-0.15, -0.1) is 0 Å². The molecule has 0 saturated carbocycles. The number of esters is 1. The molecule has 0 aromatic carbocycles. The fourth-order valence-corrected chi connectivity index (χ4v) is 3.36. The van der Waals surface area contributed by atoms with Gasteiger partial charge in [0.15, 0.2) is 6.10 Å². The Balaban J connectivity index is 3.60. The predicted octanol–water partition coefficient (Wildman–Crippen LogP) is 3.81. The summed E-state index contributed by atoms with van der Waals surface area (Å²) in [6.45, 7) is 7.64. The highest BCUT2D eigenvalue weighted by molar-refractivity contribution is 5.94. The van der Waals surface area contributed by atoms with Gasteiger partial charge in [-0.3, -0.25) is 14.6 Å². The summed E-state index contributed by atoms with van der Waals surface area (Å²) in [5.41, 5.74) is 1.71. The van der Waals surface area contributed by atoms with Crippen molar-refractivity contribution in [1.82, 2.24) is 10.2 Å². The van der Waals surface area contributed by atoms with Crippen molar-refractivity contribution < 1.29 is 33.4 Å². The van der Waals surface area contributed by atoms with E-state index in [1.807, 2.05) is 13.0 Å². The van der Waals surface area contributed by atoms with Crippen molar-refractivity contribution in [3.8, 4) is 0 Å². The largest absolute Gasteiger partial charge is 0.506 e. The number of nitrogens with one attached hydrogen (secondary N) is 1. The molecule has 1 aliphatic heterocycles. The Morgan fingerprint density at radius 1 is 1.31 bits per heavy atom. The van der Waals surface area contributed by atoms with Crippen LogP contribution in [0.5, 0.6) is 0 Å². The standard InChI is InChI=1S/C26H36FN3O6/c1-7-10-20(11-9-12-27)13-21(14-29-15-22(32)17(3)26(34)35-8-2)24-18(4)30(19(5)31)16-23(36-24)25(33)28-6/h9-11,14-15,23,32H,7-8,12-13,16H2,1-6H3,(H,28,33)/b11-9-,20-10+,21-14-,22-17-,29-15+. The number of aliphatic hydroxyl groups excluding tert-OH is 1. The lowest BCUT2D eigenvalue weighted by atomic mass is 10.0. The van der Waals surface area contributed by atoms with E-state index in [-0.39, 0.29) is 42.6 Å². The lowest BCUT2D eigenvalue weighted by Crippen LogP contribution is -2.47. The van der Waals surface area contributed by atoms with Crippen molar-refractivity contribution >= 4 is 24.0 Å². The number of carbonyl (C=O) groups excluding carboxylic acids is 3. The van der Waals surface area contributed by atoms with Crippen LogP contribution in [0.25, 0.3) is 0 Å². The summed E-state index contributed by atoms with van der Waals surface area (Å²) in [5, 5.41) is 12.7. The van der Waals surface area contributed by atoms with Gasteiger partial charge in [-0.05, 0) is 32.8 Å². The average Bonchev–Trinajstić information content (AvgIpc) is 2.85. The molecular weight excluding hydrogens is 469 g/mol. The maximum absolute atomic E-state index is 12.8. The monoisotopic (exact) mass is 505 g/mol. The third kappa shape index (κ3) is 8.83. The van der Waals surface area contributed by atoms with E-state index in [1.165, 1.54) is 38.1 Å². The van der Waals surface area contributed by atoms with Gasteiger partial charge in [0.2, 0.25) is 5.91 Å². The van der Waals surface area contributed by atoms with E-state index in [9.17, 15) is 23.9 Å². The topological polar surface area (TPSA) is 118 Å². The molecule has 9 nitrogen and oxygen atoms in total. The number of aliphatic imine (C=N–C) groups is 1. The molecule has 0 aromatic heterocycles. The Kier molecular flexibility index (Phi) is 12.9. The van der Waals surface area contributed by atoms with Gasteiger partial charge in [-0.1, -0.05) is 25.2 Å². The maximum Gasteiger partial charge on any atom is 0.337 e. The van der Waals surface area contributed by atoms with Gasteiger partial charge in [-0.25, -0.2) is 9.18 Å². The molecule has 36 heavy (non-hydrogen) atoms. The minimum absolute atomic E-state index is 0.0141. The molecule has 0 radical (unpaired) electrons. The number of likely N-dealkylation sites (N-methyl/N-ethyl adjacent to an activating group) is 1. The number of allylic oxidation sites excluding steroid dienone is 7. The minimum Gasteiger partial charge on any atom is -0.506 e. The first-order valence-electron chi connectivity index (χ1n) is 11.7. The number of carbonyl (C=O) groups is 3. The zero-order valence-electron chi connectivity index (χ0n) is 21.8. The van der Waals surface area contributed by atoms with Gasteiger partial charge >= 0.3 is 5.97 Å². The van der Waals surface area contributed by atoms with E-state index in [4.69, 9.17) is 9.47 Å². The van der Waals surface area contributed by atoms with Crippen LogP contribution in [0.1, 0.15) is 47.5 Å². The van der Waals surface area contributed by atoms with Crippen LogP contribution >= 0.6 is 0 Å². The summed E-state index contributed by atoms with van der Waals surface area (Å²) in [7, 11) is 1.47. The van der Waals surface area contributed by atoms with Crippen molar-refractivity contribution in [3.63, 3.8) is 0 Å². The van der Waals surface area contributed by atoms with Gasteiger partial charge in [0.25, 0.3) is 5.91 Å². The van der Waals surface area contributed by atoms with E-state index in [0.717, 1.165) is 11.8 Å². The van der Waals surface area contributed by atoms with Crippen LogP contribution in [0.3, 0.4) is 0 Å². The van der Waals surface area contributed by atoms with Crippen LogP contribution in [0.2, 0.25) is 0 Å². The highest BCUT2D eigenvalue weighted by Crippen LogP contribution is 2.31. The normalized spacial score (nSPS) is 17.9. The Hall–Kier alpha value is -3.69. The van der Waals surface area contributed by atoms with E-state index in [2.05, 4.69) is 10.3 Å². The minimum atomic E-state index is -0.954. The number of hydrogen-bond acceptors (Lipinski definition) is 7. The fraction of sp³-hybridized carbons (Fsp3) is 0.462. The third-order valence-corrected chi connectivity index (χ3v) is 5.23.